The van der Waals surface area contributed by atoms with Gasteiger partial charge in [0.05, 0.1) is 0 Å². The lowest BCUT2D eigenvalue weighted by molar-refractivity contribution is -0.132. The first-order valence-electron chi connectivity index (χ1n) is 6.55. The van der Waals surface area contributed by atoms with E-state index >= 15 is 0 Å². The SMILES string of the molecule is CC(CN1CCCC1)NC(=O)C1CC(C(=O)O)=NO1. The maximum atomic E-state index is 11.9. The number of hydrogen-bond acceptors (Lipinski definition) is 5. The molecule has 2 aliphatic heterocycles. The summed E-state index contributed by atoms with van der Waals surface area (Å²) in [6.07, 6.45) is 1.63. The minimum Gasteiger partial charge on any atom is -0.477 e. The van der Waals surface area contributed by atoms with Crippen molar-refractivity contribution in [2.24, 2.45) is 5.16 Å². The van der Waals surface area contributed by atoms with Gasteiger partial charge >= 0.3 is 5.97 Å². The van der Waals surface area contributed by atoms with E-state index in [9.17, 15) is 9.59 Å². The molecule has 2 unspecified atom stereocenters. The van der Waals surface area contributed by atoms with E-state index in [0.717, 1.165) is 19.6 Å². The molecule has 1 amide bonds. The van der Waals surface area contributed by atoms with Gasteiger partial charge in [-0.15, -0.1) is 0 Å². The Labute approximate surface area is 111 Å². The van der Waals surface area contributed by atoms with Crippen molar-refractivity contribution in [3.63, 3.8) is 0 Å². The molecule has 1 saturated heterocycles. The molecular formula is C12H19N3O4. The second kappa shape index (κ2) is 6.01. The van der Waals surface area contributed by atoms with E-state index < -0.39 is 12.1 Å². The summed E-state index contributed by atoms with van der Waals surface area (Å²) in [5, 5.41) is 15.0. The fourth-order valence-electron chi connectivity index (χ4n) is 2.38. The average Bonchev–Trinajstić information content (AvgIpc) is 2.98. The normalized spacial score (nSPS) is 24.7. The number of rotatable bonds is 5. The summed E-state index contributed by atoms with van der Waals surface area (Å²) in [5.74, 6) is -1.44. The summed E-state index contributed by atoms with van der Waals surface area (Å²) < 4.78 is 0. The van der Waals surface area contributed by atoms with Crippen molar-refractivity contribution < 1.29 is 19.5 Å². The fourth-order valence-corrected chi connectivity index (χ4v) is 2.38. The number of aliphatic carboxylic acids is 1. The molecule has 7 heteroatoms. The van der Waals surface area contributed by atoms with Crippen LogP contribution in [0.25, 0.3) is 0 Å². The van der Waals surface area contributed by atoms with Crippen LogP contribution in [0.4, 0.5) is 0 Å². The van der Waals surface area contributed by atoms with Crippen LogP contribution in [0.15, 0.2) is 5.16 Å². The quantitative estimate of drug-likeness (QED) is 0.722. The van der Waals surface area contributed by atoms with Gasteiger partial charge in [0.25, 0.3) is 5.91 Å². The minimum atomic E-state index is -1.14. The molecule has 0 aromatic carbocycles. The van der Waals surface area contributed by atoms with Crippen LogP contribution < -0.4 is 5.32 Å². The van der Waals surface area contributed by atoms with Crippen molar-refractivity contribution in [2.45, 2.75) is 38.3 Å². The molecule has 0 aromatic heterocycles. The molecule has 0 saturated carbocycles. The average molecular weight is 269 g/mol. The van der Waals surface area contributed by atoms with Crippen molar-refractivity contribution in [3.05, 3.63) is 0 Å². The van der Waals surface area contributed by atoms with Gasteiger partial charge < -0.3 is 20.2 Å². The minimum absolute atomic E-state index is 0.0167. The summed E-state index contributed by atoms with van der Waals surface area (Å²) in [6, 6.07) is 0.0167. The van der Waals surface area contributed by atoms with Crippen LogP contribution in [-0.2, 0) is 14.4 Å². The van der Waals surface area contributed by atoms with Gasteiger partial charge in [-0.2, -0.15) is 0 Å². The third kappa shape index (κ3) is 3.66. The topological polar surface area (TPSA) is 91.2 Å². The summed E-state index contributed by atoms with van der Waals surface area (Å²) >= 11 is 0. The number of carbonyl (C=O) groups is 2. The van der Waals surface area contributed by atoms with E-state index in [4.69, 9.17) is 9.94 Å². The molecule has 1 fully saturated rings. The van der Waals surface area contributed by atoms with Crippen LogP contribution in [0.3, 0.4) is 0 Å². The first-order chi connectivity index (χ1) is 9.06. The van der Waals surface area contributed by atoms with Gasteiger partial charge in [0, 0.05) is 19.0 Å². The first-order valence-corrected chi connectivity index (χ1v) is 6.55. The van der Waals surface area contributed by atoms with Gasteiger partial charge in [-0.3, -0.25) is 4.79 Å². The molecule has 2 aliphatic rings. The zero-order valence-electron chi connectivity index (χ0n) is 11.0. The smallest absolute Gasteiger partial charge is 0.353 e. The second-order valence-electron chi connectivity index (χ2n) is 5.06. The second-order valence-corrected chi connectivity index (χ2v) is 5.06. The van der Waals surface area contributed by atoms with Gasteiger partial charge in [-0.25, -0.2) is 4.79 Å². The lowest BCUT2D eigenvalue weighted by Gasteiger charge is -2.22. The molecule has 7 nitrogen and oxygen atoms in total. The van der Waals surface area contributed by atoms with Crippen LogP contribution >= 0.6 is 0 Å². The highest BCUT2D eigenvalue weighted by Crippen LogP contribution is 2.12. The van der Waals surface area contributed by atoms with Crippen molar-refractivity contribution >= 4 is 17.6 Å². The number of likely N-dealkylation sites (tertiary alicyclic amines) is 1. The molecule has 2 rings (SSSR count). The Morgan fingerprint density at radius 3 is 2.79 bits per heavy atom. The highest BCUT2D eigenvalue weighted by Gasteiger charge is 2.32. The van der Waals surface area contributed by atoms with E-state index in [1.807, 2.05) is 6.92 Å². The van der Waals surface area contributed by atoms with Crippen molar-refractivity contribution in [2.75, 3.05) is 19.6 Å². The molecule has 0 bridgehead atoms. The zero-order valence-corrected chi connectivity index (χ0v) is 11.0. The van der Waals surface area contributed by atoms with Gasteiger partial charge in [-0.1, -0.05) is 5.16 Å². The molecule has 2 atom stereocenters. The largest absolute Gasteiger partial charge is 0.477 e. The standard InChI is InChI=1S/C12H19N3O4/c1-8(7-15-4-2-3-5-15)13-11(16)10-6-9(12(17)18)14-19-10/h8,10H,2-7H2,1H3,(H,13,16)(H,17,18). The van der Waals surface area contributed by atoms with E-state index in [1.54, 1.807) is 0 Å². The monoisotopic (exact) mass is 269 g/mol. The van der Waals surface area contributed by atoms with Crippen LogP contribution in [0.2, 0.25) is 0 Å². The molecule has 0 aliphatic carbocycles. The van der Waals surface area contributed by atoms with Crippen LogP contribution in [0.1, 0.15) is 26.2 Å². The number of carbonyl (C=O) groups excluding carboxylic acids is 1. The Morgan fingerprint density at radius 1 is 1.53 bits per heavy atom. The molecule has 0 radical (unpaired) electrons. The molecule has 2 N–H and O–H groups in total. The number of carboxylic acid groups (broad SMARTS) is 1. The van der Waals surface area contributed by atoms with Crippen molar-refractivity contribution in [3.8, 4) is 0 Å². The van der Waals surface area contributed by atoms with Crippen LogP contribution in [-0.4, -0.2) is 59.4 Å². The number of hydrogen-bond donors (Lipinski definition) is 2. The van der Waals surface area contributed by atoms with E-state index in [-0.39, 0.29) is 24.1 Å². The predicted molar refractivity (Wildman–Crippen MR) is 67.8 cm³/mol. The number of nitrogens with zero attached hydrogens (tertiary/aromatic N) is 2. The third-order valence-electron chi connectivity index (χ3n) is 3.33. The predicted octanol–water partition coefficient (Wildman–Crippen LogP) is -0.184. The van der Waals surface area contributed by atoms with E-state index in [0.29, 0.717) is 0 Å². The maximum absolute atomic E-state index is 11.9. The Balaban J connectivity index is 1.74. The molecule has 19 heavy (non-hydrogen) atoms. The van der Waals surface area contributed by atoms with Gasteiger partial charge in [0.1, 0.15) is 0 Å². The molecular weight excluding hydrogens is 250 g/mol. The third-order valence-corrected chi connectivity index (χ3v) is 3.33. The number of carboxylic acids is 1. The van der Waals surface area contributed by atoms with Crippen LogP contribution in [0, 0.1) is 0 Å². The Bertz CT molecular complexity index is 390. The lowest BCUT2D eigenvalue weighted by atomic mass is 10.1. The zero-order chi connectivity index (χ0) is 13.8. The Hall–Kier alpha value is -1.63. The summed E-state index contributed by atoms with van der Waals surface area (Å²) in [7, 11) is 0. The highest BCUT2D eigenvalue weighted by atomic mass is 16.6. The molecule has 2 heterocycles. The maximum Gasteiger partial charge on any atom is 0.353 e. The van der Waals surface area contributed by atoms with Crippen LogP contribution in [0.5, 0.6) is 0 Å². The fraction of sp³-hybridized carbons (Fsp3) is 0.750. The highest BCUT2D eigenvalue weighted by molar-refractivity contribution is 6.36. The summed E-state index contributed by atoms with van der Waals surface area (Å²) in [6.45, 7) is 4.90. The lowest BCUT2D eigenvalue weighted by Crippen LogP contribution is -2.45. The summed E-state index contributed by atoms with van der Waals surface area (Å²) in [4.78, 5) is 29.7. The number of amides is 1. The van der Waals surface area contributed by atoms with Crippen molar-refractivity contribution in [1.82, 2.24) is 10.2 Å². The Morgan fingerprint density at radius 2 is 2.21 bits per heavy atom. The van der Waals surface area contributed by atoms with E-state index in [2.05, 4.69) is 15.4 Å². The molecule has 106 valence electrons. The summed E-state index contributed by atoms with van der Waals surface area (Å²) in [5.41, 5.74) is -0.104. The number of nitrogens with one attached hydrogen (secondary N) is 1. The van der Waals surface area contributed by atoms with Gasteiger partial charge in [0.2, 0.25) is 6.10 Å². The van der Waals surface area contributed by atoms with Crippen molar-refractivity contribution in [1.29, 1.82) is 0 Å². The Kier molecular flexibility index (Phi) is 4.36. The number of oxime groups is 1. The molecule has 0 spiro atoms. The first kappa shape index (κ1) is 13.8. The molecule has 0 aromatic rings. The van der Waals surface area contributed by atoms with E-state index in [1.165, 1.54) is 12.8 Å². The van der Waals surface area contributed by atoms with Gasteiger partial charge in [-0.05, 0) is 32.9 Å². The van der Waals surface area contributed by atoms with Gasteiger partial charge in [0.15, 0.2) is 5.71 Å².